The third-order valence-corrected chi connectivity index (χ3v) is 5.80. The van der Waals surface area contributed by atoms with Crippen molar-refractivity contribution in [3.8, 4) is 0 Å². The van der Waals surface area contributed by atoms with E-state index in [2.05, 4.69) is 4.74 Å². The molecule has 2 rings (SSSR count). The Balaban J connectivity index is 2.50. The summed E-state index contributed by atoms with van der Waals surface area (Å²) in [5, 5.41) is 9.23. The van der Waals surface area contributed by atoms with Crippen LogP contribution in [0.5, 0.6) is 0 Å². The van der Waals surface area contributed by atoms with Gasteiger partial charge in [0.15, 0.2) is 0 Å². The molecule has 2 aromatic rings. The molecule has 0 aliphatic heterocycles. The van der Waals surface area contributed by atoms with Gasteiger partial charge in [0.1, 0.15) is 6.54 Å². The first kappa shape index (κ1) is 19.6. The van der Waals surface area contributed by atoms with Crippen molar-refractivity contribution in [1.82, 2.24) is 4.31 Å². The molecule has 0 spiro atoms. The van der Waals surface area contributed by atoms with Crippen molar-refractivity contribution in [1.29, 1.82) is 0 Å². The van der Waals surface area contributed by atoms with Crippen LogP contribution < -0.4 is 0 Å². The van der Waals surface area contributed by atoms with E-state index in [-0.39, 0.29) is 22.6 Å². The minimum absolute atomic E-state index is 0.0466. The number of hydrogen-bond acceptors (Lipinski definition) is 5. The second-order valence-corrected chi connectivity index (χ2v) is 7.48. The molecule has 26 heavy (non-hydrogen) atoms. The lowest BCUT2D eigenvalue weighted by atomic mass is 10.1. The lowest BCUT2D eigenvalue weighted by Gasteiger charge is -2.22. The van der Waals surface area contributed by atoms with Gasteiger partial charge in [0.05, 0.1) is 17.6 Å². The van der Waals surface area contributed by atoms with Crippen LogP contribution >= 0.6 is 0 Å². The van der Waals surface area contributed by atoms with E-state index in [0.29, 0.717) is 5.56 Å². The molecule has 0 bridgehead atoms. The summed E-state index contributed by atoms with van der Waals surface area (Å²) in [6, 6.07) is 12.8. The quantitative estimate of drug-likeness (QED) is 0.741. The van der Waals surface area contributed by atoms with Crippen LogP contribution in [-0.2, 0) is 26.1 Å². The van der Waals surface area contributed by atoms with Gasteiger partial charge in [0, 0.05) is 6.54 Å². The van der Waals surface area contributed by atoms with Gasteiger partial charge < -0.3 is 9.84 Å². The Labute approximate surface area is 151 Å². The van der Waals surface area contributed by atoms with E-state index in [0.717, 1.165) is 4.31 Å². The van der Waals surface area contributed by atoms with Crippen LogP contribution in [0.25, 0.3) is 0 Å². The van der Waals surface area contributed by atoms with Crippen molar-refractivity contribution in [3.05, 3.63) is 65.2 Å². The van der Waals surface area contributed by atoms with Crippen LogP contribution in [0.1, 0.15) is 21.5 Å². The van der Waals surface area contributed by atoms with Crippen LogP contribution in [0.4, 0.5) is 0 Å². The van der Waals surface area contributed by atoms with Gasteiger partial charge in [0.25, 0.3) is 0 Å². The largest absolute Gasteiger partial charge is 0.478 e. The summed E-state index contributed by atoms with van der Waals surface area (Å²) >= 11 is 0. The molecule has 2 aromatic carbocycles. The first-order chi connectivity index (χ1) is 12.3. The minimum atomic E-state index is -4.12. The number of carbonyl (C=O) groups is 2. The number of aromatic carboxylic acids is 1. The molecule has 0 aromatic heterocycles. The minimum Gasteiger partial charge on any atom is -0.478 e. The predicted molar refractivity (Wildman–Crippen MR) is 94.2 cm³/mol. The van der Waals surface area contributed by atoms with Gasteiger partial charge in [-0.1, -0.05) is 36.4 Å². The molecule has 0 amide bonds. The highest BCUT2D eigenvalue weighted by molar-refractivity contribution is 7.89. The molecule has 138 valence electrons. The van der Waals surface area contributed by atoms with Gasteiger partial charge in [-0.3, -0.25) is 4.79 Å². The van der Waals surface area contributed by atoms with Crippen molar-refractivity contribution in [3.63, 3.8) is 0 Å². The second kappa shape index (κ2) is 8.11. The van der Waals surface area contributed by atoms with Gasteiger partial charge in [-0.2, -0.15) is 4.31 Å². The Kier molecular flexibility index (Phi) is 6.12. The normalized spacial score (nSPS) is 11.3. The van der Waals surface area contributed by atoms with E-state index in [1.165, 1.54) is 32.2 Å². The Morgan fingerprint density at radius 1 is 1.08 bits per heavy atom. The zero-order chi connectivity index (χ0) is 19.3. The SMILES string of the molecule is COC(=O)CN(Cc1ccccc1)S(=O)(=O)c1cccc(C(=O)O)c1C. The maximum atomic E-state index is 13.1. The van der Waals surface area contributed by atoms with E-state index < -0.39 is 28.5 Å². The van der Waals surface area contributed by atoms with Crippen molar-refractivity contribution in [2.24, 2.45) is 0 Å². The van der Waals surface area contributed by atoms with E-state index in [1.807, 2.05) is 0 Å². The molecule has 0 heterocycles. The van der Waals surface area contributed by atoms with Crippen LogP contribution in [0.15, 0.2) is 53.4 Å². The van der Waals surface area contributed by atoms with Crippen molar-refractivity contribution >= 4 is 22.0 Å². The lowest BCUT2D eigenvalue weighted by molar-refractivity contribution is -0.140. The fourth-order valence-corrected chi connectivity index (χ4v) is 4.11. The number of nitrogens with zero attached hydrogens (tertiary/aromatic N) is 1. The zero-order valence-corrected chi connectivity index (χ0v) is 15.2. The number of carbonyl (C=O) groups excluding carboxylic acids is 1. The predicted octanol–water partition coefficient (Wildman–Crippen LogP) is 2.06. The zero-order valence-electron chi connectivity index (χ0n) is 14.4. The molecule has 7 nitrogen and oxygen atoms in total. The highest BCUT2D eigenvalue weighted by atomic mass is 32.2. The summed E-state index contributed by atoms with van der Waals surface area (Å²) in [5.41, 5.74) is 0.693. The first-order valence-electron chi connectivity index (χ1n) is 7.71. The van der Waals surface area contributed by atoms with E-state index in [1.54, 1.807) is 30.3 Å². The number of carboxylic acid groups (broad SMARTS) is 1. The van der Waals surface area contributed by atoms with Gasteiger partial charge in [-0.05, 0) is 30.2 Å². The van der Waals surface area contributed by atoms with Crippen LogP contribution in [0.3, 0.4) is 0 Å². The number of benzene rings is 2. The lowest BCUT2D eigenvalue weighted by Crippen LogP contribution is -2.36. The molecule has 0 saturated heterocycles. The highest BCUT2D eigenvalue weighted by Crippen LogP contribution is 2.24. The molecule has 0 aliphatic carbocycles. The Bertz CT molecular complexity index is 909. The number of hydrogen-bond donors (Lipinski definition) is 1. The standard InChI is InChI=1S/C18H19NO6S/c1-13-15(18(21)22)9-6-10-16(13)26(23,24)19(12-17(20)25-2)11-14-7-4-3-5-8-14/h3-10H,11-12H2,1-2H3,(H,21,22). The highest BCUT2D eigenvalue weighted by Gasteiger charge is 2.30. The second-order valence-electron chi connectivity index (χ2n) is 5.57. The molecule has 0 aliphatic rings. The Hall–Kier alpha value is -2.71. The number of rotatable bonds is 7. The number of sulfonamides is 1. The monoisotopic (exact) mass is 377 g/mol. The average Bonchev–Trinajstić information content (AvgIpc) is 2.61. The molecule has 0 fully saturated rings. The van der Waals surface area contributed by atoms with Gasteiger partial charge >= 0.3 is 11.9 Å². The summed E-state index contributed by atoms with van der Waals surface area (Å²) in [5.74, 6) is -1.93. The van der Waals surface area contributed by atoms with Gasteiger partial charge in [-0.25, -0.2) is 13.2 Å². The fraction of sp³-hybridized carbons (Fsp3) is 0.222. The average molecular weight is 377 g/mol. The number of ether oxygens (including phenoxy) is 1. The van der Waals surface area contributed by atoms with E-state index in [9.17, 15) is 23.1 Å². The van der Waals surface area contributed by atoms with Crippen molar-refractivity contribution in [2.75, 3.05) is 13.7 Å². The number of esters is 1. The molecule has 0 radical (unpaired) electrons. The summed E-state index contributed by atoms with van der Waals surface area (Å²) in [6.45, 7) is 0.897. The van der Waals surface area contributed by atoms with Crippen LogP contribution in [-0.4, -0.2) is 43.4 Å². The molecular formula is C18H19NO6S. The third kappa shape index (κ3) is 4.27. The Morgan fingerprint density at radius 3 is 2.31 bits per heavy atom. The summed E-state index contributed by atoms with van der Waals surface area (Å²) < 4.78 is 31.8. The Morgan fingerprint density at radius 2 is 1.73 bits per heavy atom. The molecular weight excluding hydrogens is 358 g/mol. The summed E-state index contributed by atoms with van der Waals surface area (Å²) in [7, 11) is -2.95. The van der Waals surface area contributed by atoms with E-state index >= 15 is 0 Å². The molecule has 8 heteroatoms. The van der Waals surface area contributed by atoms with Gasteiger partial charge in [0.2, 0.25) is 10.0 Å². The summed E-state index contributed by atoms with van der Waals surface area (Å²) in [4.78, 5) is 22.9. The maximum Gasteiger partial charge on any atom is 0.335 e. The first-order valence-corrected chi connectivity index (χ1v) is 9.15. The van der Waals surface area contributed by atoms with E-state index in [4.69, 9.17) is 0 Å². The third-order valence-electron chi connectivity index (χ3n) is 3.87. The smallest absolute Gasteiger partial charge is 0.335 e. The molecule has 0 unspecified atom stereocenters. The van der Waals surface area contributed by atoms with Gasteiger partial charge in [-0.15, -0.1) is 0 Å². The van der Waals surface area contributed by atoms with Crippen LogP contribution in [0, 0.1) is 6.92 Å². The number of methoxy groups -OCH3 is 1. The summed E-state index contributed by atoms with van der Waals surface area (Å²) in [6.07, 6.45) is 0. The maximum absolute atomic E-state index is 13.1. The molecule has 0 saturated carbocycles. The topological polar surface area (TPSA) is 101 Å². The van der Waals surface area contributed by atoms with Crippen LogP contribution in [0.2, 0.25) is 0 Å². The molecule has 1 N–H and O–H groups in total. The van der Waals surface area contributed by atoms with Crippen molar-refractivity contribution < 1.29 is 27.9 Å². The van der Waals surface area contributed by atoms with Crippen molar-refractivity contribution in [2.45, 2.75) is 18.4 Å². The fourth-order valence-electron chi connectivity index (χ4n) is 2.49. The molecule has 0 atom stereocenters. The number of carboxylic acids is 1.